The molecule has 1 rings (SSSR count). The number of thiocarbonyl (C=S) groups is 1. The summed E-state index contributed by atoms with van der Waals surface area (Å²) in [6, 6.07) is 9.82. The van der Waals surface area contributed by atoms with E-state index in [1.54, 1.807) is 6.92 Å². The summed E-state index contributed by atoms with van der Waals surface area (Å²) in [7, 11) is 0. The number of ether oxygens (including phenoxy) is 2. The van der Waals surface area contributed by atoms with E-state index in [9.17, 15) is 4.79 Å². The first-order chi connectivity index (χ1) is 9.51. The van der Waals surface area contributed by atoms with Gasteiger partial charge in [-0.25, -0.2) is 0 Å². The normalized spacial score (nSPS) is 13.3. The van der Waals surface area contributed by atoms with Crippen molar-refractivity contribution in [2.24, 2.45) is 0 Å². The van der Waals surface area contributed by atoms with Crippen LogP contribution >= 0.6 is 24.0 Å². The SMILES string of the molecule is CCOC(=O)C(C)(Cc1ccccc1)SC(=S)OCC. The smallest absolute Gasteiger partial charge is 0.322 e. The molecule has 0 N–H and O–H groups in total. The predicted molar refractivity (Wildman–Crippen MR) is 87.0 cm³/mol. The highest BCUT2D eigenvalue weighted by Crippen LogP contribution is 2.32. The van der Waals surface area contributed by atoms with E-state index in [4.69, 9.17) is 21.7 Å². The molecule has 20 heavy (non-hydrogen) atoms. The molecule has 1 unspecified atom stereocenters. The Morgan fingerprint density at radius 3 is 2.35 bits per heavy atom. The van der Waals surface area contributed by atoms with E-state index in [0.29, 0.717) is 24.0 Å². The zero-order chi connectivity index (χ0) is 15.0. The quantitative estimate of drug-likeness (QED) is 0.592. The fourth-order valence-corrected chi connectivity index (χ4v) is 3.35. The molecule has 0 aromatic heterocycles. The molecule has 1 aromatic carbocycles. The van der Waals surface area contributed by atoms with Crippen molar-refractivity contribution in [2.75, 3.05) is 13.2 Å². The van der Waals surface area contributed by atoms with Gasteiger partial charge in [-0.15, -0.1) is 0 Å². The van der Waals surface area contributed by atoms with Crippen LogP contribution in [0.3, 0.4) is 0 Å². The van der Waals surface area contributed by atoms with Gasteiger partial charge in [0.25, 0.3) is 0 Å². The topological polar surface area (TPSA) is 35.5 Å². The van der Waals surface area contributed by atoms with Crippen molar-refractivity contribution in [3.05, 3.63) is 35.9 Å². The maximum Gasteiger partial charge on any atom is 0.322 e. The minimum atomic E-state index is -0.774. The molecule has 0 heterocycles. The average molecular weight is 312 g/mol. The Morgan fingerprint density at radius 2 is 1.80 bits per heavy atom. The summed E-state index contributed by atoms with van der Waals surface area (Å²) in [5.74, 6) is -0.268. The number of esters is 1. The Balaban J connectivity index is 2.88. The van der Waals surface area contributed by atoms with E-state index in [2.05, 4.69) is 0 Å². The molecule has 0 saturated heterocycles. The first-order valence-corrected chi connectivity index (χ1v) is 7.81. The van der Waals surface area contributed by atoms with Crippen molar-refractivity contribution in [3.63, 3.8) is 0 Å². The van der Waals surface area contributed by atoms with Gasteiger partial charge in [-0.2, -0.15) is 0 Å². The molecule has 0 aliphatic rings. The van der Waals surface area contributed by atoms with E-state index < -0.39 is 4.75 Å². The van der Waals surface area contributed by atoms with Crippen LogP contribution in [-0.4, -0.2) is 28.3 Å². The van der Waals surface area contributed by atoms with Crippen LogP contribution in [0.1, 0.15) is 26.3 Å². The van der Waals surface area contributed by atoms with Crippen molar-refractivity contribution in [2.45, 2.75) is 31.9 Å². The van der Waals surface area contributed by atoms with Crippen molar-refractivity contribution < 1.29 is 14.3 Å². The zero-order valence-corrected chi connectivity index (χ0v) is 13.7. The van der Waals surface area contributed by atoms with Crippen molar-refractivity contribution in [3.8, 4) is 0 Å². The van der Waals surface area contributed by atoms with Crippen LogP contribution < -0.4 is 0 Å². The molecule has 1 aromatic rings. The molecule has 3 nitrogen and oxygen atoms in total. The standard InChI is InChI=1S/C15H20O3S2/c1-4-17-13(16)15(3,20-14(19)18-5-2)11-12-9-7-6-8-10-12/h6-10H,4-5,11H2,1-3H3. The highest BCUT2D eigenvalue weighted by Gasteiger charge is 2.37. The van der Waals surface area contributed by atoms with Gasteiger partial charge in [0.1, 0.15) is 4.75 Å². The maximum absolute atomic E-state index is 12.3. The van der Waals surface area contributed by atoms with Crippen LogP contribution in [0.5, 0.6) is 0 Å². The lowest BCUT2D eigenvalue weighted by atomic mass is 10.0. The minimum Gasteiger partial charge on any atom is -0.479 e. The van der Waals surface area contributed by atoms with Gasteiger partial charge in [-0.05, 0) is 45.0 Å². The van der Waals surface area contributed by atoms with Gasteiger partial charge in [0.15, 0.2) is 0 Å². The number of benzene rings is 1. The summed E-state index contributed by atoms with van der Waals surface area (Å²) < 4.78 is 10.1. The molecule has 0 saturated carbocycles. The number of carbonyl (C=O) groups excluding carboxylic acids is 1. The molecule has 0 bridgehead atoms. The van der Waals surface area contributed by atoms with Crippen molar-refractivity contribution in [1.82, 2.24) is 0 Å². The van der Waals surface area contributed by atoms with Crippen LogP contribution in [0.15, 0.2) is 30.3 Å². The van der Waals surface area contributed by atoms with Gasteiger partial charge in [-0.1, -0.05) is 42.1 Å². The Morgan fingerprint density at radius 1 is 1.20 bits per heavy atom. The second kappa shape index (κ2) is 8.27. The maximum atomic E-state index is 12.3. The second-order valence-corrected chi connectivity index (χ2v) is 6.50. The Kier molecular flexibility index (Phi) is 7.02. The monoisotopic (exact) mass is 312 g/mol. The van der Waals surface area contributed by atoms with E-state index in [0.717, 1.165) is 5.56 Å². The van der Waals surface area contributed by atoms with Crippen LogP contribution in [0.25, 0.3) is 0 Å². The van der Waals surface area contributed by atoms with Crippen LogP contribution in [0.4, 0.5) is 0 Å². The van der Waals surface area contributed by atoms with E-state index in [1.807, 2.05) is 44.2 Å². The number of thioether (sulfide) groups is 1. The van der Waals surface area contributed by atoms with Crippen LogP contribution in [0.2, 0.25) is 0 Å². The summed E-state index contributed by atoms with van der Waals surface area (Å²) in [6.07, 6.45) is 0.546. The fourth-order valence-electron chi connectivity index (χ4n) is 1.75. The first-order valence-electron chi connectivity index (χ1n) is 6.58. The van der Waals surface area contributed by atoms with Crippen molar-refractivity contribution in [1.29, 1.82) is 0 Å². The van der Waals surface area contributed by atoms with Gasteiger partial charge in [-0.3, -0.25) is 4.79 Å². The van der Waals surface area contributed by atoms with Gasteiger partial charge in [0.05, 0.1) is 13.2 Å². The molecule has 5 heteroatoms. The van der Waals surface area contributed by atoms with E-state index in [-0.39, 0.29) is 5.97 Å². The van der Waals surface area contributed by atoms with Crippen LogP contribution in [0, 0.1) is 0 Å². The lowest BCUT2D eigenvalue weighted by Crippen LogP contribution is -2.37. The molecule has 0 spiro atoms. The molecule has 0 radical (unpaired) electrons. The third kappa shape index (κ3) is 5.13. The average Bonchev–Trinajstić information content (AvgIpc) is 2.40. The second-order valence-electron chi connectivity index (χ2n) is 4.40. The Bertz CT molecular complexity index is 448. The lowest BCUT2D eigenvalue weighted by molar-refractivity contribution is -0.145. The summed E-state index contributed by atoms with van der Waals surface area (Å²) in [4.78, 5) is 12.3. The number of hydrogen-bond acceptors (Lipinski definition) is 5. The molecule has 0 aliphatic heterocycles. The summed E-state index contributed by atoms with van der Waals surface area (Å²) >= 11 is 6.40. The molecular formula is C15H20O3S2. The first kappa shape index (κ1) is 17.0. The molecular weight excluding hydrogens is 292 g/mol. The third-order valence-corrected chi connectivity index (χ3v) is 4.08. The summed E-state index contributed by atoms with van der Waals surface area (Å²) in [5, 5.41) is 0. The third-order valence-electron chi connectivity index (χ3n) is 2.66. The number of carbonyl (C=O) groups is 1. The molecule has 1 atom stereocenters. The Labute approximate surface area is 130 Å². The van der Waals surface area contributed by atoms with Gasteiger partial charge >= 0.3 is 5.97 Å². The van der Waals surface area contributed by atoms with Gasteiger partial charge in [0, 0.05) is 0 Å². The van der Waals surface area contributed by atoms with Crippen LogP contribution in [-0.2, 0) is 20.7 Å². The lowest BCUT2D eigenvalue weighted by Gasteiger charge is -2.26. The molecule has 110 valence electrons. The molecule has 0 aliphatic carbocycles. The fraction of sp³-hybridized carbons (Fsp3) is 0.467. The largest absolute Gasteiger partial charge is 0.479 e. The zero-order valence-electron chi connectivity index (χ0n) is 12.0. The number of rotatable bonds is 6. The van der Waals surface area contributed by atoms with E-state index >= 15 is 0 Å². The van der Waals surface area contributed by atoms with Gasteiger partial charge in [0.2, 0.25) is 4.38 Å². The van der Waals surface area contributed by atoms with E-state index in [1.165, 1.54) is 11.8 Å². The number of hydrogen-bond donors (Lipinski definition) is 0. The minimum absolute atomic E-state index is 0.268. The highest BCUT2D eigenvalue weighted by atomic mass is 32.2. The summed E-state index contributed by atoms with van der Waals surface area (Å²) in [5.41, 5.74) is 1.06. The van der Waals surface area contributed by atoms with Crippen molar-refractivity contribution >= 4 is 34.3 Å². The summed E-state index contributed by atoms with van der Waals surface area (Å²) in [6.45, 7) is 6.35. The molecule has 0 fully saturated rings. The molecule has 0 amide bonds. The highest BCUT2D eigenvalue weighted by molar-refractivity contribution is 8.23. The predicted octanol–water partition coefficient (Wildman–Crippen LogP) is 3.61. The van der Waals surface area contributed by atoms with Gasteiger partial charge < -0.3 is 9.47 Å². The Hall–Kier alpha value is -1.07.